The zero-order valence-corrected chi connectivity index (χ0v) is 19.8. The molecule has 0 radical (unpaired) electrons. The summed E-state index contributed by atoms with van der Waals surface area (Å²) in [4.78, 5) is 19.7. The second-order valence-corrected chi connectivity index (χ2v) is 9.42. The molecule has 0 saturated carbocycles. The van der Waals surface area contributed by atoms with Crippen LogP contribution >= 0.6 is 0 Å². The number of aromatic hydroxyl groups is 1. The van der Waals surface area contributed by atoms with E-state index in [-0.39, 0.29) is 0 Å². The first-order valence-corrected chi connectivity index (χ1v) is 12.2. The van der Waals surface area contributed by atoms with Gasteiger partial charge in [-0.2, -0.15) is 0 Å². The average Bonchev–Trinajstić information content (AvgIpc) is 2.85. The van der Waals surface area contributed by atoms with Gasteiger partial charge in [0.1, 0.15) is 11.5 Å². The third-order valence-corrected chi connectivity index (χ3v) is 7.02. The van der Waals surface area contributed by atoms with Crippen molar-refractivity contribution in [2.75, 3.05) is 46.4 Å². The van der Waals surface area contributed by atoms with Crippen LogP contribution in [0.2, 0.25) is 0 Å². The zero-order valence-electron chi connectivity index (χ0n) is 19.8. The Kier molecular flexibility index (Phi) is 8.24. The molecule has 1 unspecified atom stereocenters. The molecule has 2 aromatic carbocycles. The average molecular weight is 452 g/mol. The van der Waals surface area contributed by atoms with Crippen LogP contribution in [0.4, 0.5) is 0 Å². The van der Waals surface area contributed by atoms with Crippen molar-refractivity contribution in [3.05, 3.63) is 59.7 Å². The Morgan fingerprint density at radius 2 is 1.79 bits per heavy atom. The van der Waals surface area contributed by atoms with Crippen molar-refractivity contribution >= 4 is 5.91 Å². The van der Waals surface area contributed by atoms with Gasteiger partial charge in [-0.3, -0.25) is 14.6 Å². The number of carbonyl (C=O) groups excluding carboxylic acids is 1. The number of amides is 1. The van der Waals surface area contributed by atoms with E-state index < -0.39 is 0 Å². The van der Waals surface area contributed by atoms with Crippen LogP contribution < -0.4 is 4.74 Å². The topological polar surface area (TPSA) is 56.3 Å². The van der Waals surface area contributed by atoms with Crippen LogP contribution in [0.15, 0.2) is 48.5 Å². The highest BCUT2D eigenvalue weighted by molar-refractivity contribution is 5.76. The summed E-state index contributed by atoms with van der Waals surface area (Å²) in [6.07, 6.45) is 3.91. The van der Waals surface area contributed by atoms with Crippen molar-refractivity contribution in [3.8, 4) is 11.5 Å². The molecule has 0 bridgehead atoms. The summed E-state index contributed by atoms with van der Waals surface area (Å²) >= 11 is 0. The van der Waals surface area contributed by atoms with E-state index in [1.54, 1.807) is 19.2 Å². The van der Waals surface area contributed by atoms with E-state index in [9.17, 15) is 9.90 Å². The smallest absolute Gasteiger partial charge is 0.222 e. The van der Waals surface area contributed by atoms with Gasteiger partial charge < -0.3 is 14.7 Å². The molecule has 33 heavy (non-hydrogen) atoms. The van der Waals surface area contributed by atoms with Gasteiger partial charge in [-0.25, -0.2) is 0 Å². The van der Waals surface area contributed by atoms with Crippen molar-refractivity contribution in [1.29, 1.82) is 0 Å². The number of likely N-dealkylation sites (tertiary alicyclic amines) is 1. The van der Waals surface area contributed by atoms with Crippen LogP contribution in [0.25, 0.3) is 0 Å². The van der Waals surface area contributed by atoms with Crippen LogP contribution in [0.1, 0.15) is 36.8 Å². The minimum Gasteiger partial charge on any atom is -0.508 e. The molecule has 6 nitrogen and oxygen atoms in total. The number of phenolic OH excluding ortho intramolecular Hbond substituents is 1. The van der Waals surface area contributed by atoms with Crippen molar-refractivity contribution in [3.63, 3.8) is 0 Å². The molecule has 178 valence electrons. The monoisotopic (exact) mass is 451 g/mol. The Labute approximate surface area is 197 Å². The van der Waals surface area contributed by atoms with Crippen LogP contribution in [0.3, 0.4) is 0 Å². The second-order valence-electron chi connectivity index (χ2n) is 9.42. The Morgan fingerprint density at radius 1 is 1.00 bits per heavy atom. The molecule has 2 heterocycles. The van der Waals surface area contributed by atoms with E-state index in [0.717, 1.165) is 76.5 Å². The number of rotatable bonds is 8. The molecule has 1 N–H and O–H groups in total. The highest BCUT2D eigenvalue weighted by atomic mass is 16.5. The Hall–Kier alpha value is -2.57. The maximum Gasteiger partial charge on any atom is 0.222 e. The second kappa shape index (κ2) is 11.5. The fraction of sp³-hybridized carbons (Fsp3) is 0.519. The zero-order chi connectivity index (χ0) is 23.0. The summed E-state index contributed by atoms with van der Waals surface area (Å²) in [5, 5.41) is 10.2. The Morgan fingerprint density at radius 3 is 2.55 bits per heavy atom. The standard InChI is InChI=1S/C27H37N3O3/c1-33-25-10-11-26(31)24(18-25)21-29-13-5-8-23(20-29)9-12-27(32)30-16-14-28(15-17-30)19-22-6-3-2-4-7-22/h2-4,6-7,10-11,18,23,31H,5,8-9,12-17,19-21H2,1H3. The van der Waals surface area contributed by atoms with E-state index in [2.05, 4.69) is 39.0 Å². The van der Waals surface area contributed by atoms with Gasteiger partial charge in [0, 0.05) is 57.8 Å². The molecule has 6 heteroatoms. The van der Waals surface area contributed by atoms with Gasteiger partial charge in [-0.05, 0) is 55.5 Å². The summed E-state index contributed by atoms with van der Waals surface area (Å²) in [6, 6.07) is 16.0. The molecule has 2 fully saturated rings. The van der Waals surface area contributed by atoms with Crippen LogP contribution in [-0.2, 0) is 17.9 Å². The molecule has 2 aromatic rings. The van der Waals surface area contributed by atoms with Gasteiger partial charge in [0.25, 0.3) is 0 Å². The number of nitrogens with zero attached hydrogens (tertiary/aromatic N) is 3. The van der Waals surface area contributed by atoms with Crippen LogP contribution in [0, 0.1) is 5.92 Å². The lowest BCUT2D eigenvalue weighted by Gasteiger charge is -2.36. The number of piperidine rings is 1. The first-order chi connectivity index (χ1) is 16.1. The first-order valence-electron chi connectivity index (χ1n) is 12.2. The summed E-state index contributed by atoms with van der Waals surface area (Å²) in [5.41, 5.74) is 2.24. The minimum atomic E-state index is 0.303. The lowest BCUT2D eigenvalue weighted by Crippen LogP contribution is -2.48. The third-order valence-electron chi connectivity index (χ3n) is 7.02. The van der Waals surface area contributed by atoms with E-state index in [4.69, 9.17) is 4.74 Å². The van der Waals surface area contributed by atoms with Crippen molar-refractivity contribution in [2.24, 2.45) is 5.92 Å². The minimum absolute atomic E-state index is 0.303. The molecule has 2 saturated heterocycles. The summed E-state index contributed by atoms with van der Waals surface area (Å²) in [5.74, 6) is 1.93. The molecule has 0 spiro atoms. The fourth-order valence-electron chi connectivity index (χ4n) is 5.07. The Balaban J connectivity index is 1.19. The van der Waals surface area contributed by atoms with Crippen LogP contribution in [0.5, 0.6) is 11.5 Å². The van der Waals surface area contributed by atoms with Crippen molar-refractivity contribution < 1.29 is 14.6 Å². The summed E-state index contributed by atoms with van der Waals surface area (Å²) in [6.45, 7) is 7.25. The molecule has 2 aliphatic heterocycles. The Bertz CT molecular complexity index is 897. The van der Waals surface area contributed by atoms with E-state index >= 15 is 0 Å². The van der Waals surface area contributed by atoms with Gasteiger partial charge in [-0.1, -0.05) is 30.3 Å². The number of ether oxygens (including phenoxy) is 1. The normalized spacial score (nSPS) is 20.0. The van der Waals surface area contributed by atoms with E-state index in [1.807, 2.05) is 12.1 Å². The molecule has 2 aliphatic rings. The molecular formula is C27H37N3O3. The van der Waals surface area contributed by atoms with E-state index in [1.165, 1.54) is 12.0 Å². The van der Waals surface area contributed by atoms with Gasteiger partial charge >= 0.3 is 0 Å². The number of carbonyl (C=O) groups is 1. The fourth-order valence-corrected chi connectivity index (χ4v) is 5.07. The lowest BCUT2D eigenvalue weighted by molar-refractivity contribution is -0.133. The van der Waals surface area contributed by atoms with Crippen molar-refractivity contribution in [1.82, 2.24) is 14.7 Å². The largest absolute Gasteiger partial charge is 0.508 e. The number of hydrogen-bond acceptors (Lipinski definition) is 5. The molecular weight excluding hydrogens is 414 g/mol. The number of methoxy groups -OCH3 is 1. The van der Waals surface area contributed by atoms with Gasteiger partial charge in [-0.15, -0.1) is 0 Å². The van der Waals surface area contributed by atoms with E-state index in [0.29, 0.717) is 24.0 Å². The maximum atomic E-state index is 12.8. The maximum absolute atomic E-state index is 12.8. The van der Waals surface area contributed by atoms with Crippen LogP contribution in [-0.4, -0.2) is 72.1 Å². The molecule has 0 aromatic heterocycles. The first kappa shape index (κ1) is 23.6. The number of benzene rings is 2. The molecule has 0 aliphatic carbocycles. The lowest BCUT2D eigenvalue weighted by atomic mass is 9.92. The number of phenols is 1. The summed E-state index contributed by atoms with van der Waals surface area (Å²) in [7, 11) is 1.65. The SMILES string of the molecule is COc1ccc(O)c(CN2CCCC(CCC(=O)N3CCN(Cc4ccccc4)CC3)C2)c1. The van der Waals surface area contributed by atoms with Gasteiger partial charge in [0.15, 0.2) is 0 Å². The quantitative estimate of drug-likeness (QED) is 0.663. The number of piperazine rings is 1. The number of hydrogen-bond donors (Lipinski definition) is 1. The third kappa shape index (κ3) is 6.71. The molecule has 4 rings (SSSR count). The highest BCUT2D eigenvalue weighted by Gasteiger charge is 2.25. The van der Waals surface area contributed by atoms with Crippen molar-refractivity contribution in [2.45, 2.75) is 38.8 Å². The molecule has 1 atom stereocenters. The predicted molar refractivity (Wildman–Crippen MR) is 130 cm³/mol. The predicted octanol–water partition coefficient (Wildman–Crippen LogP) is 3.74. The van der Waals surface area contributed by atoms with Gasteiger partial charge in [0.2, 0.25) is 5.91 Å². The van der Waals surface area contributed by atoms with Gasteiger partial charge in [0.05, 0.1) is 7.11 Å². The highest BCUT2D eigenvalue weighted by Crippen LogP contribution is 2.28. The summed E-state index contributed by atoms with van der Waals surface area (Å²) < 4.78 is 5.30. The molecule has 1 amide bonds.